The zero-order chi connectivity index (χ0) is 8.43. The Hall–Kier alpha value is -0.160. The lowest BCUT2D eigenvalue weighted by Gasteiger charge is -2.12. The van der Waals surface area contributed by atoms with E-state index in [1.807, 2.05) is 6.92 Å². The molecule has 0 radical (unpaired) electrons. The van der Waals surface area contributed by atoms with Gasteiger partial charge in [0.05, 0.1) is 24.9 Å². The normalized spacial score (nSPS) is 44.7. The molecule has 1 saturated heterocycles. The molecule has 1 aliphatic rings. The first kappa shape index (κ1) is 8.93. The van der Waals surface area contributed by atoms with Crippen LogP contribution in [0.3, 0.4) is 0 Å². The summed E-state index contributed by atoms with van der Waals surface area (Å²) in [5.74, 6) is 0. The van der Waals surface area contributed by atoms with Crippen LogP contribution in [0.4, 0.5) is 0 Å². The van der Waals surface area contributed by atoms with Crippen LogP contribution in [0, 0.1) is 0 Å². The van der Waals surface area contributed by atoms with Gasteiger partial charge in [0, 0.05) is 6.04 Å². The summed E-state index contributed by atoms with van der Waals surface area (Å²) in [5.41, 5.74) is 0. The molecular formula is C7H15NO3. The van der Waals surface area contributed by atoms with Crippen molar-refractivity contribution >= 4 is 0 Å². The average Bonchev–Trinajstić information content (AvgIpc) is 2.30. The molecule has 1 fully saturated rings. The third kappa shape index (κ3) is 1.54. The largest absolute Gasteiger partial charge is 0.395 e. The average molecular weight is 161 g/mol. The van der Waals surface area contributed by atoms with Gasteiger partial charge in [0.2, 0.25) is 0 Å². The maximum Gasteiger partial charge on any atom is 0.0989 e. The van der Waals surface area contributed by atoms with Gasteiger partial charge in [0.1, 0.15) is 0 Å². The summed E-state index contributed by atoms with van der Waals surface area (Å²) in [5, 5.41) is 30.3. The van der Waals surface area contributed by atoms with Crippen LogP contribution in [-0.2, 0) is 0 Å². The van der Waals surface area contributed by atoms with E-state index >= 15 is 0 Å². The van der Waals surface area contributed by atoms with Gasteiger partial charge >= 0.3 is 0 Å². The molecule has 4 N–H and O–H groups in total. The van der Waals surface area contributed by atoms with Crippen LogP contribution in [0.15, 0.2) is 0 Å². The van der Waals surface area contributed by atoms with Crippen LogP contribution in [0.2, 0.25) is 0 Å². The molecule has 4 nitrogen and oxygen atoms in total. The van der Waals surface area contributed by atoms with Crippen molar-refractivity contribution < 1.29 is 15.3 Å². The van der Waals surface area contributed by atoms with Gasteiger partial charge in [0.25, 0.3) is 0 Å². The zero-order valence-electron chi connectivity index (χ0n) is 6.57. The van der Waals surface area contributed by atoms with E-state index in [1.165, 1.54) is 0 Å². The van der Waals surface area contributed by atoms with E-state index < -0.39 is 12.2 Å². The van der Waals surface area contributed by atoms with Crippen molar-refractivity contribution in [3.8, 4) is 0 Å². The minimum absolute atomic E-state index is 0.0813. The lowest BCUT2D eigenvalue weighted by Crippen LogP contribution is -2.36. The monoisotopic (exact) mass is 161 g/mol. The molecule has 0 aliphatic carbocycles. The Morgan fingerprint density at radius 3 is 2.00 bits per heavy atom. The van der Waals surface area contributed by atoms with E-state index in [1.54, 1.807) is 0 Å². The first-order chi connectivity index (χ1) is 5.20. The summed E-state index contributed by atoms with van der Waals surface area (Å²) in [6.07, 6.45) is -0.809. The standard InChI is InChI=1S/C7H15NO3/c1-2-4-6(10)7(11)5(3-9)8-4/h4-11H,2-3H2,1H3/t4-,5+,6-,7-/m0/s1. The lowest BCUT2D eigenvalue weighted by molar-refractivity contribution is 0.0193. The van der Waals surface area contributed by atoms with Gasteiger partial charge in [-0.3, -0.25) is 0 Å². The minimum atomic E-state index is -0.829. The summed E-state index contributed by atoms with van der Waals surface area (Å²) in [6.45, 7) is 1.79. The van der Waals surface area contributed by atoms with Crippen LogP contribution < -0.4 is 5.32 Å². The summed E-state index contributed by atoms with van der Waals surface area (Å²) in [4.78, 5) is 0. The number of nitrogens with one attached hydrogen (secondary N) is 1. The summed E-state index contributed by atoms with van der Waals surface area (Å²) in [7, 11) is 0. The Labute approximate surface area is 65.9 Å². The Morgan fingerprint density at radius 2 is 1.73 bits per heavy atom. The predicted octanol–water partition coefficient (Wildman–Crippen LogP) is -1.55. The fourth-order valence-electron chi connectivity index (χ4n) is 1.47. The quantitative estimate of drug-likeness (QED) is 0.396. The van der Waals surface area contributed by atoms with Crippen molar-refractivity contribution in [3.63, 3.8) is 0 Å². The number of rotatable bonds is 2. The second-order valence-corrected chi connectivity index (χ2v) is 2.95. The third-order valence-electron chi connectivity index (χ3n) is 2.24. The van der Waals surface area contributed by atoms with E-state index in [4.69, 9.17) is 5.11 Å². The minimum Gasteiger partial charge on any atom is -0.395 e. The fourth-order valence-corrected chi connectivity index (χ4v) is 1.47. The molecule has 0 aromatic carbocycles. The number of hydrogen-bond acceptors (Lipinski definition) is 4. The molecule has 11 heavy (non-hydrogen) atoms. The predicted molar refractivity (Wildman–Crippen MR) is 40.1 cm³/mol. The second kappa shape index (κ2) is 3.49. The van der Waals surface area contributed by atoms with Crippen LogP contribution in [0.1, 0.15) is 13.3 Å². The van der Waals surface area contributed by atoms with Gasteiger partial charge in [-0.1, -0.05) is 6.92 Å². The molecule has 0 aromatic heterocycles. The van der Waals surface area contributed by atoms with Gasteiger partial charge in [0.15, 0.2) is 0 Å². The smallest absolute Gasteiger partial charge is 0.0989 e. The van der Waals surface area contributed by atoms with Crippen molar-refractivity contribution in [1.82, 2.24) is 5.32 Å². The van der Waals surface area contributed by atoms with E-state index in [2.05, 4.69) is 5.32 Å². The Balaban J connectivity index is 2.53. The van der Waals surface area contributed by atoms with Gasteiger partial charge in [-0.25, -0.2) is 0 Å². The van der Waals surface area contributed by atoms with E-state index in [9.17, 15) is 10.2 Å². The molecule has 0 unspecified atom stereocenters. The molecule has 0 saturated carbocycles. The molecule has 0 amide bonds. The highest BCUT2D eigenvalue weighted by Gasteiger charge is 2.39. The van der Waals surface area contributed by atoms with Gasteiger partial charge in [-0.2, -0.15) is 0 Å². The van der Waals surface area contributed by atoms with Crippen molar-refractivity contribution in [2.24, 2.45) is 0 Å². The van der Waals surface area contributed by atoms with Gasteiger partial charge < -0.3 is 20.6 Å². The lowest BCUT2D eigenvalue weighted by atomic mass is 10.1. The highest BCUT2D eigenvalue weighted by atomic mass is 16.3. The molecule has 1 rings (SSSR count). The number of hydrogen-bond donors (Lipinski definition) is 4. The second-order valence-electron chi connectivity index (χ2n) is 2.95. The SMILES string of the molecule is CC[C@@H]1N[C@H](CO)[C@H](O)[C@H]1O. The number of aliphatic hydroxyl groups is 3. The molecule has 0 aromatic rings. The zero-order valence-corrected chi connectivity index (χ0v) is 6.57. The van der Waals surface area contributed by atoms with Gasteiger partial charge in [-0.15, -0.1) is 0 Å². The van der Waals surface area contributed by atoms with Crippen LogP contribution >= 0.6 is 0 Å². The number of aliphatic hydroxyl groups excluding tert-OH is 3. The Bertz CT molecular complexity index is 113. The van der Waals surface area contributed by atoms with Crippen LogP contribution in [0.25, 0.3) is 0 Å². The van der Waals surface area contributed by atoms with Crippen LogP contribution in [0.5, 0.6) is 0 Å². The molecular weight excluding hydrogens is 146 g/mol. The molecule has 0 bridgehead atoms. The molecule has 66 valence electrons. The van der Waals surface area contributed by atoms with Crippen molar-refractivity contribution in [1.29, 1.82) is 0 Å². The van der Waals surface area contributed by atoms with Crippen molar-refractivity contribution in [2.75, 3.05) is 6.61 Å². The van der Waals surface area contributed by atoms with Crippen molar-refractivity contribution in [2.45, 2.75) is 37.6 Å². The molecule has 0 spiro atoms. The molecule has 4 atom stereocenters. The van der Waals surface area contributed by atoms with Crippen LogP contribution in [-0.4, -0.2) is 46.2 Å². The Morgan fingerprint density at radius 1 is 1.18 bits per heavy atom. The maximum absolute atomic E-state index is 9.34. The Kier molecular flexibility index (Phi) is 2.84. The summed E-state index contributed by atoms with van der Waals surface area (Å²) >= 11 is 0. The molecule has 1 heterocycles. The highest BCUT2D eigenvalue weighted by molar-refractivity contribution is 4.96. The topological polar surface area (TPSA) is 72.7 Å². The third-order valence-corrected chi connectivity index (χ3v) is 2.24. The summed E-state index contributed by atoms with van der Waals surface area (Å²) < 4.78 is 0. The first-order valence-electron chi connectivity index (χ1n) is 3.93. The highest BCUT2D eigenvalue weighted by Crippen LogP contribution is 2.15. The van der Waals surface area contributed by atoms with Gasteiger partial charge in [-0.05, 0) is 6.42 Å². The fraction of sp³-hybridized carbons (Fsp3) is 1.00. The maximum atomic E-state index is 9.34. The van der Waals surface area contributed by atoms with Crippen molar-refractivity contribution in [3.05, 3.63) is 0 Å². The molecule has 4 heteroatoms. The molecule has 1 aliphatic heterocycles. The first-order valence-corrected chi connectivity index (χ1v) is 3.93. The summed E-state index contributed by atoms with van der Waals surface area (Å²) in [6, 6.07) is -0.447. The van der Waals surface area contributed by atoms with E-state index in [0.717, 1.165) is 6.42 Å². The van der Waals surface area contributed by atoms with E-state index in [-0.39, 0.29) is 18.7 Å². The van der Waals surface area contributed by atoms with E-state index in [0.29, 0.717) is 0 Å².